The van der Waals surface area contributed by atoms with Gasteiger partial charge in [0.2, 0.25) is 0 Å². The average molecular weight is 262 g/mol. The molecule has 2 rings (SSSR count). The van der Waals surface area contributed by atoms with E-state index in [4.69, 9.17) is 10.5 Å². The number of nitrogens with two attached hydrogens (primary N) is 1. The SMILES string of the molecule is CCC1CCCN(CCCOc2ccccc2N)C1. The molecule has 106 valence electrons. The van der Waals surface area contributed by atoms with Crippen molar-refractivity contribution in [1.29, 1.82) is 0 Å². The molecule has 0 aromatic heterocycles. The van der Waals surface area contributed by atoms with Gasteiger partial charge in [-0.1, -0.05) is 25.5 Å². The van der Waals surface area contributed by atoms with Crippen LogP contribution in [-0.2, 0) is 0 Å². The van der Waals surface area contributed by atoms with E-state index in [1.165, 1.54) is 32.4 Å². The fraction of sp³-hybridized carbons (Fsp3) is 0.625. The highest BCUT2D eigenvalue weighted by atomic mass is 16.5. The molecule has 0 spiro atoms. The van der Waals surface area contributed by atoms with E-state index < -0.39 is 0 Å². The summed E-state index contributed by atoms with van der Waals surface area (Å²) in [5.41, 5.74) is 6.57. The summed E-state index contributed by atoms with van der Waals surface area (Å²) in [4.78, 5) is 2.58. The first kappa shape index (κ1) is 14.2. The lowest BCUT2D eigenvalue weighted by Crippen LogP contribution is -2.36. The summed E-state index contributed by atoms with van der Waals surface area (Å²) in [6.07, 6.45) is 5.15. The summed E-state index contributed by atoms with van der Waals surface area (Å²) in [5.74, 6) is 1.71. The Morgan fingerprint density at radius 3 is 3.00 bits per heavy atom. The zero-order valence-corrected chi connectivity index (χ0v) is 12.0. The fourth-order valence-electron chi connectivity index (χ4n) is 2.77. The van der Waals surface area contributed by atoms with Crippen molar-refractivity contribution < 1.29 is 4.74 Å². The van der Waals surface area contributed by atoms with Crippen molar-refractivity contribution in [3.05, 3.63) is 24.3 Å². The lowest BCUT2D eigenvalue weighted by Gasteiger charge is -2.32. The highest BCUT2D eigenvalue weighted by Gasteiger charge is 2.17. The van der Waals surface area contributed by atoms with E-state index >= 15 is 0 Å². The van der Waals surface area contributed by atoms with Crippen LogP contribution in [0, 0.1) is 5.92 Å². The van der Waals surface area contributed by atoms with Crippen LogP contribution in [0.15, 0.2) is 24.3 Å². The number of hydrogen-bond acceptors (Lipinski definition) is 3. The average Bonchev–Trinajstić information content (AvgIpc) is 2.45. The number of piperidine rings is 1. The zero-order chi connectivity index (χ0) is 13.5. The summed E-state index contributed by atoms with van der Waals surface area (Å²) in [5, 5.41) is 0. The van der Waals surface area contributed by atoms with Crippen LogP contribution in [0.3, 0.4) is 0 Å². The number of rotatable bonds is 6. The van der Waals surface area contributed by atoms with E-state index in [0.717, 1.165) is 36.9 Å². The fourth-order valence-corrected chi connectivity index (χ4v) is 2.77. The van der Waals surface area contributed by atoms with E-state index in [1.54, 1.807) is 0 Å². The second-order valence-corrected chi connectivity index (χ2v) is 5.46. The molecule has 1 unspecified atom stereocenters. The Balaban J connectivity index is 1.65. The summed E-state index contributed by atoms with van der Waals surface area (Å²) in [7, 11) is 0. The quantitative estimate of drug-likeness (QED) is 0.632. The molecule has 1 aliphatic heterocycles. The van der Waals surface area contributed by atoms with E-state index in [9.17, 15) is 0 Å². The molecule has 0 aliphatic carbocycles. The van der Waals surface area contributed by atoms with E-state index in [2.05, 4.69) is 11.8 Å². The molecular weight excluding hydrogens is 236 g/mol. The van der Waals surface area contributed by atoms with Gasteiger partial charge >= 0.3 is 0 Å². The topological polar surface area (TPSA) is 38.5 Å². The minimum atomic E-state index is 0.728. The lowest BCUT2D eigenvalue weighted by molar-refractivity contribution is 0.160. The maximum Gasteiger partial charge on any atom is 0.142 e. The minimum Gasteiger partial charge on any atom is -0.491 e. The standard InChI is InChI=1S/C16H26N2O/c1-2-14-7-5-10-18(13-14)11-6-12-19-16-9-4-3-8-15(16)17/h3-4,8-9,14H,2,5-7,10-13,17H2,1H3. The van der Waals surface area contributed by atoms with Crippen molar-refractivity contribution in [2.24, 2.45) is 5.92 Å². The van der Waals surface area contributed by atoms with E-state index in [1.807, 2.05) is 24.3 Å². The summed E-state index contributed by atoms with van der Waals surface area (Å²) in [6, 6.07) is 7.71. The van der Waals surface area contributed by atoms with Gasteiger partial charge in [0.1, 0.15) is 5.75 Å². The minimum absolute atomic E-state index is 0.728. The maximum absolute atomic E-state index is 5.85. The van der Waals surface area contributed by atoms with Crippen molar-refractivity contribution in [2.45, 2.75) is 32.6 Å². The van der Waals surface area contributed by atoms with E-state index in [-0.39, 0.29) is 0 Å². The van der Waals surface area contributed by atoms with Crippen LogP contribution < -0.4 is 10.5 Å². The molecule has 1 aromatic carbocycles. The number of hydrogen-bond donors (Lipinski definition) is 1. The normalized spacial score (nSPS) is 20.4. The highest BCUT2D eigenvalue weighted by Crippen LogP contribution is 2.21. The Bertz CT molecular complexity index is 381. The molecule has 19 heavy (non-hydrogen) atoms. The van der Waals surface area contributed by atoms with Crippen molar-refractivity contribution in [1.82, 2.24) is 4.90 Å². The molecule has 3 heteroatoms. The molecule has 1 saturated heterocycles. The summed E-state index contributed by atoms with van der Waals surface area (Å²) >= 11 is 0. The Hall–Kier alpha value is -1.22. The Morgan fingerprint density at radius 1 is 1.37 bits per heavy atom. The first-order chi connectivity index (χ1) is 9.29. The predicted octanol–water partition coefficient (Wildman–Crippen LogP) is 3.16. The smallest absolute Gasteiger partial charge is 0.142 e. The van der Waals surface area contributed by atoms with Crippen LogP contribution in [0.1, 0.15) is 32.6 Å². The van der Waals surface area contributed by atoms with Gasteiger partial charge in [-0.3, -0.25) is 0 Å². The monoisotopic (exact) mass is 262 g/mol. The predicted molar refractivity (Wildman–Crippen MR) is 80.4 cm³/mol. The molecule has 3 nitrogen and oxygen atoms in total. The molecule has 0 saturated carbocycles. The van der Waals surface area contributed by atoms with Crippen molar-refractivity contribution in [3.8, 4) is 5.75 Å². The highest BCUT2D eigenvalue weighted by molar-refractivity contribution is 5.51. The summed E-state index contributed by atoms with van der Waals surface area (Å²) < 4.78 is 5.73. The van der Waals surface area contributed by atoms with Crippen LogP contribution in [0.2, 0.25) is 0 Å². The van der Waals surface area contributed by atoms with Crippen molar-refractivity contribution >= 4 is 5.69 Å². The van der Waals surface area contributed by atoms with E-state index in [0.29, 0.717) is 0 Å². The molecule has 1 aliphatic rings. The third-order valence-electron chi connectivity index (χ3n) is 3.98. The van der Waals surface area contributed by atoms with Crippen LogP contribution >= 0.6 is 0 Å². The zero-order valence-electron chi connectivity index (χ0n) is 12.0. The van der Waals surface area contributed by atoms with Crippen LogP contribution in [0.4, 0.5) is 5.69 Å². The molecule has 0 amide bonds. The number of nitrogen functional groups attached to an aromatic ring is 1. The third kappa shape index (κ3) is 4.43. The number of para-hydroxylation sites is 2. The van der Waals surface area contributed by atoms with Gasteiger partial charge < -0.3 is 15.4 Å². The van der Waals surface area contributed by atoms with Gasteiger partial charge in [0.25, 0.3) is 0 Å². The molecule has 1 heterocycles. The largest absolute Gasteiger partial charge is 0.491 e. The van der Waals surface area contributed by atoms with Crippen molar-refractivity contribution in [2.75, 3.05) is 32.0 Å². The molecule has 1 fully saturated rings. The lowest BCUT2D eigenvalue weighted by atomic mass is 9.96. The molecule has 1 aromatic rings. The maximum atomic E-state index is 5.85. The Labute approximate surface area is 116 Å². The van der Waals surface area contributed by atoms with Crippen LogP contribution in [0.5, 0.6) is 5.75 Å². The second-order valence-electron chi connectivity index (χ2n) is 5.46. The van der Waals surface area contributed by atoms with Crippen LogP contribution in [0.25, 0.3) is 0 Å². The first-order valence-corrected chi connectivity index (χ1v) is 7.49. The van der Waals surface area contributed by atoms with Gasteiger partial charge in [-0.2, -0.15) is 0 Å². The first-order valence-electron chi connectivity index (χ1n) is 7.49. The number of anilines is 1. The molecular formula is C16H26N2O. The number of ether oxygens (including phenoxy) is 1. The second kappa shape index (κ2) is 7.39. The van der Waals surface area contributed by atoms with Gasteiger partial charge in [0, 0.05) is 13.1 Å². The van der Waals surface area contributed by atoms with Gasteiger partial charge in [0.15, 0.2) is 0 Å². The van der Waals surface area contributed by atoms with Gasteiger partial charge in [-0.15, -0.1) is 0 Å². The van der Waals surface area contributed by atoms with Crippen LogP contribution in [-0.4, -0.2) is 31.1 Å². The Morgan fingerprint density at radius 2 is 2.21 bits per heavy atom. The Kier molecular flexibility index (Phi) is 5.52. The summed E-state index contributed by atoms with van der Waals surface area (Å²) in [6.45, 7) is 6.72. The van der Waals surface area contributed by atoms with Gasteiger partial charge in [-0.05, 0) is 43.9 Å². The number of nitrogens with zero attached hydrogens (tertiary/aromatic N) is 1. The third-order valence-corrected chi connectivity index (χ3v) is 3.98. The molecule has 1 atom stereocenters. The number of likely N-dealkylation sites (tertiary alicyclic amines) is 1. The number of benzene rings is 1. The van der Waals surface area contributed by atoms with Gasteiger partial charge in [0.05, 0.1) is 12.3 Å². The van der Waals surface area contributed by atoms with Crippen molar-refractivity contribution in [3.63, 3.8) is 0 Å². The molecule has 2 N–H and O–H groups in total. The van der Waals surface area contributed by atoms with Gasteiger partial charge in [-0.25, -0.2) is 0 Å². The molecule has 0 radical (unpaired) electrons. The molecule has 0 bridgehead atoms.